The summed E-state index contributed by atoms with van der Waals surface area (Å²) >= 11 is 0. The topological polar surface area (TPSA) is 96.8 Å². The molecular weight excluding hydrogens is 409 g/mol. The Balaban J connectivity index is 1.73. The summed E-state index contributed by atoms with van der Waals surface area (Å²) in [5.74, 6) is -0.323. The van der Waals surface area contributed by atoms with E-state index in [1.165, 1.54) is 18.2 Å². The van der Waals surface area contributed by atoms with Crippen molar-refractivity contribution in [3.05, 3.63) is 85.6 Å². The second-order valence-electron chi connectivity index (χ2n) is 6.79. The van der Waals surface area contributed by atoms with Crippen LogP contribution in [0.4, 0.5) is 33.2 Å². The summed E-state index contributed by atoms with van der Waals surface area (Å²) in [5.41, 5.74) is 2.55. The third-order valence-corrected chi connectivity index (χ3v) is 4.45. The molecule has 2 heterocycles. The number of aryl methyl sites for hydroxylation is 1. The van der Waals surface area contributed by atoms with Crippen molar-refractivity contribution >= 4 is 34.7 Å². The average molecular weight is 430 g/mol. The number of benzene rings is 2. The number of amides is 1. The van der Waals surface area contributed by atoms with Crippen LogP contribution in [0, 0.1) is 5.82 Å². The van der Waals surface area contributed by atoms with Crippen molar-refractivity contribution in [1.82, 2.24) is 19.7 Å². The number of nitrogens with one attached hydrogen (secondary N) is 3. The molecule has 0 saturated heterocycles. The molecule has 3 N–H and O–H groups in total. The summed E-state index contributed by atoms with van der Waals surface area (Å²) in [4.78, 5) is 20.5. The van der Waals surface area contributed by atoms with Crippen molar-refractivity contribution in [2.45, 2.75) is 0 Å². The van der Waals surface area contributed by atoms with Crippen LogP contribution in [0.1, 0.15) is 1.37 Å². The SMILES string of the molecule is [2H]c1ccc(-c2cnc(Nc3cnn(C)c3)nc2Nc2cc(NC(=O)C=C)ccc2F)cc1. The number of nitrogens with zero attached hydrogens (tertiary/aromatic N) is 4. The van der Waals surface area contributed by atoms with E-state index in [-0.39, 0.29) is 11.6 Å². The van der Waals surface area contributed by atoms with Crippen LogP contribution >= 0.6 is 0 Å². The van der Waals surface area contributed by atoms with Crippen molar-refractivity contribution < 1.29 is 10.6 Å². The standard InChI is InChI=1S/C23H20FN7O/c1-3-21(32)27-16-9-10-19(24)20(11-16)29-22-18(15-7-5-4-6-8-15)13-25-23(30-22)28-17-12-26-31(2)14-17/h3-14H,1H2,2H3,(H,27,32)(H2,25,28,29,30)/i4D. The molecule has 2 aromatic heterocycles. The third-order valence-electron chi connectivity index (χ3n) is 4.45. The molecule has 0 aliphatic carbocycles. The van der Waals surface area contributed by atoms with Crippen LogP contribution in [0.5, 0.6) is 0 Å². The maximum Gasteiger partial charge on any atom is 0.247 e. The molecule has 160 valence electrons. The van der Waals surface area contributed by atoms with Crippen molar-refractivity contribution in [2.24, 2.45) is 7.05 Å². The Bertz CT molecular complexity index is 1320. The number of aromatic nitrogens is 4. The molecule has 1 amide bonds. The van der Waals surface area contributed by atoms with Gasteiger partial charge in [0, 0.05) is 30.7 Å². The Morgan fingerprint density at radius 3 is 2.72 bits per heavy atom. The Morgan fingerprint density at radius 1 is 1.19 bits per heavy atom. The lowest BCUT2D eigenvalue weighted by Crippen LogP contribution is -2.08. The van der Waals surface area contributed by atoms with Gasteiger partial charge in [-0.3, -0.25) is 9.48 Å². The minimum Gasteiger partial charge on any atom is -0.337 e. The molecule has 9 heteroatoms. The van der Waals surface area contributed by atoms with Crippen molar-refractivity contribution in [3.63, 3.8) is 0 Å². The van der Waals surface area contributed by atoms with Gasteiger partial charge in [-0.25, -0.2) is 9.37 Å². The summed E-state index contributed by atoms with van der Waals surface area (Å²) < 4.78 is 24.0. The van der Waals surface area contributed by atoms with Gasteiger partial charge in [0.1, 0.15) is 11.6 Å². The highest BCUT2D eigenvalue weighted by Crippen LogP contribution is 2.31. The number of hydrogen-bond donors (Lipinski definition) is 3. The number of rotatable bonds is 7. The molecule has 2 aromatic carbocycles. The molecule has 0 aliphatic heterocycles. The fraction of sp³-hybridized carbons (Fsp3) is 0.0435. The van der Waals surface area contributed by atoms with Crippen LogP contribution in [-0.2, 0) is 11.8 Å². The Hall–Kier alpha value is -4.53. The summed E-state index contributed by atoms with van der Waals surface area (Å²) in [7, 11) is 1.79. The number of anilines is 5. The highest BCUT2D eigenvalue weighted by Gasteiger charge is 2.13. The fourth-order valence-electron chi connectivity index (χ4n) is 2.95. The van der Waals surface area contributed by atoms with Crippen LogP contribution in [0.25, 0.3) is 11.1 Å². The molecule has 0 aliphatic rings. The van der Waals surface area contributed by atoms with E-state index in [0.717, 1.165) is 11.6 Å². The zero-order valence-corrected chi connectivity index (χ0v) is 17.1. The van der Waals surface area contributed by atoms with Crippen molar-refractivity contribution in [1.29, 1.82) is 0 Å². The summed E-state index contributed by atoms with van der Waals surface area (Å²) in [6.45, 7) is 3.42. The lowest BCUT2D eigenvalue weighted by molar-refractivity contribution is -0.111. The number of halogens is 1. The zero-order chi connectivity index (χ0) is 23.4. The lowest BCUT2D eigenvalue weighted by Gasteiger charge is -2.14. The number of carbonyl (C=O) groups excluding carboxylic acids is 1. The van der Waals surface area contributed by atoms with E-state index in [0.29, 0.717) is 28.8 Å². The zero-order valence-electron chi connectivity index (χ0n) is 18.1. The lowest BCUT2D eigenvalue weighted by atomic mass is 10.1. The molecule has 0 saturated carbocycles. The minimum absolute atomic E-state index is 0.112. The van der Waals surface area contributed by atoms with Gasteiger partial charge in [-0.15, -0.1) is 0 Å². The van der Waals surface area contributed by atoms with E-state index in [1.54, 1.807) is 54.6 Å². The highest BCUT2D eigenvalue weighted by molar-refractivity contribution is 5.99. The maximum atomic E-state index is 14.6. The molecular formula is C23H20FN7O. The first-order valence-electron chi connectivity index (χ1n) is 10.1. The van der Waals surface area contributed by atoms with Gasteiger partial charge < -0.3 is 16.0 Å². The van der Waals surface area contributed by atoms with E-state index in [2.05, 4.69) is 37.6 Å². The molecule has 0 bridgehead atoms. The number of hydrogen-bond acceptors (Lipinski definition) is 6. The van der Waals surface area contributed by atoms with Gasteiger partial charge in [0.25, 0.3) is 0 Å². The van der Waals surface area contributed by atoms with E-state index in [1.807, 2.05) is 0 Å². The third kappa shape index (κ3) is 4.78. The summed E-state index contributed by atoms with van der Waals surface area (Å²) in [6.07, 6.45) is 6.13. The van der Waals surface area contributed by atoms with Gasteiger partial charge in [-0.2, -0.15) is 10.1 Å². The maximum absolute atomic E-state index is 14.6. The second-order valence-corrected chi connectivity index (χ2v) is 6.79. The summed E-state index contributed by atoms with van der Waals surface area (Å²) in [5, 5.41) is 12.8. The van der Waals surface area contributed by atoms with Crippen LogP contribution in [0.3, 0.4) is 0 Å². The number of carbonyl (C=O) groups is 1. The van der Waals surface area contributed by atoms with Crippen LogP contribution < -0.4 is 16.0 Å². The molecule has 4 aromatic rings. The van der Waals surface area contributed by atoms with Crippen LogP contribution in [-0.4, -0.2) is 25.7 Å². The largest absolute Gasteiger partial charge is 0.337 e. The average Bonchev–Trinajstić information content (AvgIpc) is 3.21. The van der Waals surface area contributed by atoms with E-state index < -0.39 is 11.7 Å². The van der Waals surface area contributed by atoms with Gasteiger partial charge >= 0.3 is 0 Å². The molecule has 0 radical (unpaired) electrons. The Morgan fingerprint density at radius 2 is 2.00 bits per heavy atom. The monoisotopic (exact) mass is 430 g/mol. The molecule has 0 spiro atoms. The predicted octanol–water partition coefficient (Wildman–Crippen LogP) is 4.63. The molecule has 32 heavy (non-hydrogen) atoms. The second kappa shape index (κ2) is 9.09. The summed E-state index contributed by atoms with van der Waals surface area (Å²) in [6, 6.07) is 11.3. The van der Waals surface area contributed by atoms with Crippen molar-refractivity contribution in [3.8, 4) is 11.1 Å². The Kier molecular flexibility index (Phi) is 5.52. The van der Waals surface area contributed by atoms with Gasteiger partial charge in [0.2, 0.25) is 11.9 Å². The molecule has 4 rings (SSSR count). The predicted molar refractivity (Wildman–Crippen MR) is 122 cm³/mol. The quantitative estimate of drug-likeness (QED) is 0.370. The van der Waals surface area contributed by atoms with Crippen LogP contribution in [0.15, 0.2) is 79.8 Å². The Labute approximate surface area is 185 Å². The van der Waals surface area contributed by atoms with Gasteiger partial charge in [0.05, 0.1) is 18.9 Å². The van der Waals surface area contributed by atoms with E-state index in [4.69, 9.17) is 1.37 Å². The minimum atomic E-state index is -0.528. The van der Waals surface area contributed by atoms with Crippen molar-refractivity contribution in [2.75, 3.05) is 16.0 Å². The molecule has 0 unspecified atom stereocenters. The smallest absolute Gasteiger partial charge is 0.247 e. The van der Waals surface area contributed by atoms with Gasteiger partial charge in [0.15, 0.2) is 0 Å². The first-order valence-corrected chi connectivity index (χ1v) is 9.61. The molecule has 0 fully saturated rings. The van der Waals surface area contributed by atoms with Gasteiger partial charge in [-0.1, -0.05) is 36.9 Å². The first-order chi connectivity index (χ1) is 15.9. The highest BCUT2D eigenvalue weighted by atomic mass is 19.1. The fourth-order valence-corrected chi connectivity index (χ4v) is 2.95. The van der Waals surface area contributed by atoms with Crippen LogP contribution in [0.2, 0.25) is 0 Å². The van der Waals surface area contributed by atoms with E-state index >= 15 is 0 Å². The normalized spacial score (nSPS) is 10.9. The van der Waals surface area contributed by atoms with Gasteiger partial charge in [-0.05, 0) is 29.8 Å². The first kappa shape index (κ1) is 19.4. The molecule has 0 atom stereocenters. The van der Waals surface area contributed by atoms with E-state index in [9.17, 15) is 9.18 Å². The molecule has 8 nitrogen and oxygen atoms in total.